The van der Waals surface area contributed by atoms with E-state index in [-0.39, 0.29) is 12.0 Å². The molecule has 19 heavy (non-hydrogen) atoms. The Morgan fingerprint density at radius 2 is 2.00 bits per heavy atom. The highest BCUT2D eigenvalue weighted by Gasteiger charge is 2.48. The first-order valence-electron chi connectivity index (χ1n) is 7.23. The molecule has 2 heterocycles. The number of nitrogens with zero attached hydrogens (tertiary/aromatic N) is 1. The third-order valence-corrected chi connectivity index (χ3v) is 4.65. The summed E-state index contributed by atoms with van der Waals surface area (Å²) >= 11 is 0. The van der Waals surface area contributed by atoms with Crippen LogP contribution in [0.2, 0.25) is 0 Å². The van der Waals surface area contributed by atoms with Crippen LogP contribution in [0.25, 0.3) is 0 Å². The van der Waals surface area contributed by atoms with Gasteiger partial charge in [-0.2, -0.15) is 0 Å². The van der Waals surface area contributed by atoms with Gasteiger partial charge in [0, 0.05) is 12.6 Å². The molecule has 0 radical (unpaired) electrons. The zero-order chi connectivity index (χ0) is 14.2. The van der Waals surface area contributed by atoms with Crippen molar-refractivity contribution in [1.29, 1.82) is 0 Å². The summed E-state index contributed by atoms with van der Waals surface area (Å²) in [5.74, 6) is -1.07. The van der Waals surface area contributed by atoms with Gasteiger partial charge in [0.2, 0.25) is 0 Å². The van der Waals surface area contributed by atoms with Crippen molar-refractivity contribution in [3.05, 3.63) is 0 Å². The first-order valence-corrected chi connectivity index (χ1v) is 7.23. The van der Waals surface area contributed by atoms with Crippen molar-refractivity contribution in [2.24, 2.45) is 5.92 Å². The maximum Gasteiger partial charge on any atom is 0.341 e. The minimum Gasteiger partial charge on any atom is -0.458 e. The fourth-order valence-electron chi connectivity index (χ4n) is 3.29. The van der Waals surface area contributed by atoms with Crippen LogP contribution >= 0.6 is 0 Å². The molecule has 110 valence electrons. The molecule has 0 unspecified atom stereocenters. The van der Waals surface area contributed by atoms with Crippen molar-refractivity contribution in [2.75, 3.05) is 13.1 Å². The summed E-state index contributed by atoms with van der Waals surface area (Å²) in [6.07, 6.45) is 1.74. The van der Waals surface area contributed by atoms with Crippen LogP contribution in [0.3, 0.4) is 0 Å². The van der Waals surface area contributed by atoms with Gasteiger partial charge in [-0.1, -0.05) is 13.8 Å². The Morgan fingerprint density at radius 3 is 2.58 bits per heavy atom. The molecule has 2 aliphatic rings. The molecule has 0 aromatic heterocycles. The second-order valence-corrected chi connectivity index (χ2v) is 6.13. The molecule has 2 saturated heterocycles. The van der Waals surface area contributed by atoms with Gasteiger partial charge in [0.05, 0.1) is 6.10 Å². The van der Waals surface area contributed by atoms with E-state index in [1.165, 1.54) is 6.92 Å². The third kappa shape index (κ3) is 2.51. The molecule has 2 aliphatic heterocycles. The normalized spacial score (nSPS) is 32.1. The van der Waals surface area contributed by atoms with Crippen molar-refractivity contribution in [3.63, 3.8) is 0 Å². The zero-order valence-electron chi connectivity index (χ0n) is 12.0. The fraction of sp³-hybridized carbons (Fsp3) is 0.929. The molecule has 5 heteroatoms. The lowest BCUT2D eigenvalue weighted by molar-refractivity contribution is -0.190. The van der Waals surface area contributed by atoms with E-state index < -0.39 is 17.7 Å². The van der Waals surface area contributed by atoms with E-state index in [2.05, 4.69) is 4.90 Å². The molecule has 0 aromatic rings. The summed E-state index contributed by atoms with van der Waals surface area (Å²) in [7, 11) is 0. The minimum absolute atomic E-state index is 0.140. The Bertz CT molecular complexity index is 334. The van der Waals surface area contributed by atoms with Crippen molar-refractivity contribution < 1.29 is 19.7 Å². The van der Waals surface area contributed by atoms with E-state index >= 15 is 0 Å². The van der Waals surface area contributed by atoms with Gasteiger partial charge < -0.3 is 14.9 Å². The lowest BCUT2D eigenvalue weighted by atomic mass is 9.85. The summed E-state index contributed by atoms with van der Waals surface area (Å²) in [5.41, 5.74) is -1.81. The summed E-state index contributed by atoms with van der Waals surface area (Å²) < 4.78 is 5.52. The number of rotatable bonds is 4. The summed E-state index contributed by atoms with van der Waals surface area (Å²) in [5, 5.41) is 20.1. The van der Waals surface area contributed by atoms with Crippen LogP contribution in [0, 0.1) is 5.92 Å². The average molecular weight is 271 g/mol. The molecule has 2 rings (SSSR count). The van der Waals surface area contributed by atoms with Crippen LogP contribution in [0.4, 0.5) is 0 Å². The predicted octanol–water partition coefficient (Wildman–Crippen LogP) is 0.534. The highest BCUT2D eigenvalue weighted by atomic mass is 16.6. The van der Waals surface area contributed by atoms with Gasteiger partial charge in [0.15, 0.2) is 5.60 Å². The van der Waals surface area contributed by atoms with Gasteiger partial charge >= 0.3 is 5.97 Å². The molecule has 0 aliphatic carbocycles. The molecule has 2 fully saturated rings. The van der Waals surface area contributed by atoms with Gasteiger partial charge in [0.1, 0.15) is 6.10 Å². The summed E-state index contributed by atoms with van der Waals surface area (Å²) in [6.45, 7) is 6.88. The average Bonchev–Trinajstić information content (AvgIpc) is 2.92. The van der Waals surface area contributed by atoms with Gasteiger partial charge in [-0.25, -0.2) is 4.79 Å². The van der Waals surface area contributed by atoms with Crippen LogP contribution in [0.15, 0.2) is 0 Å². The van der Waals surface area contributed by atoms with Crippen LogP contribution in [0.1, 0.15) is 40.0 Å². The van der Waals surface area contributed by atoms with Crippen molar-refractivity contribution >= 4 is 5.97 Å². The number of hydrogen-bond donors (Lipinski definition) is 2. The molecule has 0 spiro atoms. The standard InChI is InChI=1S/C14H25NO4/c1-9(2)14(18,10(3)16)13(17)19-12-6-8-15-7-4-5-11(12)15/h9-12,16,18H,4-8H2,1-3H3/t10-,11-,12+,14+/m0/s1. The largest absolute Gasteiger partial charge is 0.458 e. The number of aliphatic hydroxyl groups excluding tert-OH is 1. The number of carbonyl (C=O) groups is 1. The first kappa shape index (κ1) is 14.8. The van der Waals surface area contributed by atoms with E-state index in [0.29, 0.717) is 6.04 Å². The molecule has 0 aromatic carbocycles. The molecular formula is C14H25NO4. The van der Waals surface area contributed by atoms with Crippen LogP contribution in [-0.2, 0) is 9.53 Å². The topological polar surface area (TPSA) is 70.0 Å². The second kappa shape index (κ2) is 5.38. The monoisotopic (exact) mass is 271 g/mol. The van der Waals surface area contributed by atoms with Crippen LogP contribution in [-0.4, -0.2) is 58.0 Å². The summed E-state index contributed by atoms with van der Waals surface area (Å²) in [4.78, 5) is 14.6. The zero-order valence-corrected chi connectivity index (χ0v) is 12.0. The second-order valence-electron chi connectivity index (χ2n) is 6.13. The van der Waals surface area contributed by atoms with Gasteiger partial charge in [0.25, 0.3) is 0 Å². The Kier molecular flexibility index (Phi) is 4.18. The van der Waals surface area contributed by atoms with Crippen molar-refractivity contribution in [2.45, 2.75) is 63.9 Å². The predicted molar refractivity (Wildman–Crippen MR) is 70.6 cm³/mol. The molecular weight excluding hydrogens is 246 g/mol. The highest BCUT2D eigenvalue weighted by Crippen LogP contribution is 2.32. The Hall–Kier alpha value is -0.650. The smallest absolute Gasteiger partial charge is 0.341 e. The van der Waals surface area contributed by atoms with Gasteiger partial charge in [-0.3, -0.25) is 4.90 Å². The lowest BCUT2D eigenvalue weighted by Gasteiger charge is -2.34. The number of ether oxygens (including phenoxy) is 1. The number of aliphatic hydroxyl groups is 2. The quantitative estimate of drug-likeness (QED) is 0.730. The van der Waals surface area contributed by atoms with Gasteiger partial charge in [-0.05, 0) is 38.6 Å². The number of fused-ring (bicyclic) bond motifs is 1. The van der Waals surface area contributed by atoms with Crippen molar-refractivity contribution in [3.8, 4) is 0 Å². The third-order valence-electron chi connectivity index (χ3n) is 4.65. The fourth-order valence-corrected chi connectivity index (χ4v) is 3.29. The molecule has 0 saturated carbocycles. The van der Waals surface area contributed by atoms with E-state index in [1.54, 1.807) is 13.8 Å². The molecule has 4 atom stereocenters. The molecule has 0 bridgehead atoms. The molecule has 5 nitrogen and oxygen atoms in total. The Morgan fingerprint density at radius 1 is 1.32 bits per heavy atom. The maximum absolute atomic E-state index is 12.2. The van der Waals surface area contributed by atoms with Crippen molar-refractivity contribution in [1.82, 2.24) is 4.90 Å². The van der Waals surface area contributed by atoms with E-state index in [4.69, 9.17) is 4.74 Å². The maximum atomic E-state index is 12.2. The molecule has 0 amide bonds. The van der Waals surface area contributed by atoms with Crippen LogP contribution in [0.5, 0.6) is 0 Å². The number of esters is 1. The summed E-state index contributed by atoms with van der Waals surface area (Å²) in [6, 6.07) is 0.300. The van der Waals surface area contributed by atoms with Gasteiger partial charge in [-0.15, -0.1) is 0 Å². The van der Waals surface area contributed by atoms with E-state index in [0.717, 1.165) is 32.4 Å². The number of hydrogen-bond acceptors (Lipinski definition) is 5. The van der Waals surface area contributed by atoms with E-state index in [1.807, 2.05) is 0 Å². The Balaban J connectivity index is 2.04. The molecule has 2 N–H and O–H groups in total. The number of carbonyl (C=O) groups excluding carboxylic acids is 1. The highest BCUT2D eigenvalue weighted by molar-refractivity contribution is 5.80. The van der Waals surface area contributed by atoms with Crippen LogP contribution < -0.4 is 0 Å². The minimum atomic E-state index is -1.81. The van der Waals surface area contributed by atoms with E-state index in [9.17, 15) is 15.0 Å². The first-order chi connectivity index (χ1) is 8.87. The lowest BCUT2D eigenvalue weighted by Crippen LogP contribution is -2.54. The Labute approximate surface area is 114 Å². The SMILES string of the molecule is CC(C)[C@](O)(C(=O)O[C@@H]1CCN2CCC[C@@H]12)[C@H](C)O.